The van der Waals surface area contributed by atoms with Crippen LogP contribution in [-0.2, 0) is 0 Å². The second-order valence-corrected chi connectivity index (χ2v) is 16.3. The van der Waals surface area contributed by atoms with Crippen LogP contribution in [0.25, 0.3) is 64.4 Å². The Morgan fingerprint density at radius 1 is 0.500 bits per heavy atom. The van der Waals surface area contributed by atoms with Gasteiger partial charge in [0.05, 0.1) is 11.7 Å². The van der Waals surface area contributed by atoms with Crippen molar-refractivity contribution in [1.29, 1.82) is 0 Å². The lowest BCUT2D eigenvalue weighted by atomic mass is 9.84. The number of benzene rings is 8. The number of anilines is 5. The number of para-hydroxylation sites is 4. The van der Waals surface area contributed by atoms with Crippen LogP contribution >= 0.6 is 11.3 Å². The molecule has 0 bridgehead atoms. The van der Waals surface area contributed by atoms with Crippen LogP contribution in [0.1, 0.15) is 17.5 Å². The van der Waals surface area contributed by atoms with E-state index in [4.69, 9.17) is 4.42 Å². The summed E-state index contributed by atoms with van der Waals surface area (Å²) in [6.07, 6.45) is 5.63. The Labute approximate surface area is 340 Å². The second-order valence-electron chi connectivity index (χ2n) is 15.2. The van der Waals surface area contributed by atoms with Gasteiger partial charge < -0.3 is 14.2 Å². The van der Waals surface area contributed by atoms with Gasteiger partial charge in [-0.15, -0.1) is 11.3 Å². The first-order valence-electron chi connectivity index (χ1n) is 19.9. The highest BCUT2D eigenvalue weighted by Crippen LogP contribution is 2.56. The molecular formula is C54H36N2OS. The number of fused-ring (bicyclic) bond motifs is 9. The largest absolute Gasteiger partial charge is 0.456 e. The van der Waals surface area contributed by atoms with E-state index in [-0.39, 0.29) is 6.04 Å². The summed E-state index contributed by atoms with van der Waals surface area (Å²) in [6, 6.07) is 67.9. The summed E-state index contributed by atoms with van der Waals surface area (Å²) in [5, 5.41) is 4.94. The van der Waals surface area contributed by atoms with Gasteiger partial charge in [-0.25, -0.2) is 0 Å². The quantitative estimate of drug-likeness (QED) is 0.168. The van der Waals surface area contributed by atoms with Gasteiger partial charge in [-0.05, 0) is 95.4 Å². The molecule has 0 radical (unpaired) electrons. The molecule has 10 aromatic rings. The summed E-state index contributed by atoms with van der Waals surface area (Å²) in [4.78, 5) is 4.88. The Morgan fingerprint density at radius 2 is 1.12 bits per heavy atom. The summed E-state index contributed by atoms with van der Waals surface area (Å²) in [7, 11) is 0. The van der Waals surface area contributed by atoms with Crippen molar-refractivity contribution in [3.05, 3.63) is 211 Å². The number of allylic oxidation sites excluding steroid dienone is 2. The second kappa shape index (κ2) is 13.2. The van der Waals surface area contributed by atoms with Gasteiger partial charge in [0.15, 0.2) is 0 Å². The van der Waals surface area contributed by atoms with Gasteiger partial charge in [-0.3, -0.25) is 0 Å². The fourth-order valence-electron chi connectivity index (χ4n) is 9.41. The topological polar surface area (TPSA) is 19.6 Å². The molecule has 12 rings (SSSR count). The highest BCUT2D eigenvalue weighted by atomic mass is 32.1. The van der Waals surface area contributed by atoms with E-state index in [1.54, 1.807) is 0 Å². The molecule has 1 unspecified atom stereocenters. The molecule has 8 aromatic carbocycles. The van der Waals surface area contributed by atoms with E-state index in [1.807, 2.05) is 11.3 Å². The van der Waals surface area contributed by atoms with Crippen molar-refractivity contribution >= 4 is 93.0 Å². The maximum Gasteiger partial charge on any atom is 0.138 e. The highest BCUT2D eigenvalue weighted by molar-refractivity contribution is 7.25. The van der Waals surface area contributed by atoms with Crippen LogP contribution in [0.5, 0.6) is 0 Å². The number of hydrogen-bond acceptors (Lipinski definition) is 4. The molecule has 0 saturated heterocycles. The van der Waals surface area contributed by atoms with Gasteiger partial charge in [0.1, 0.15) is 11.2 Å². The zero-order valence-electron chi connectivity index (χ0n) is 31.5. The van der Waals surface area contributed by atoms with Crippen LogP contribution in [0.15, 0.2) is 205 Å². The Bertz CT molecular complexity index is 3210. The van der Waals surface area contributed by atoms with Crippen molar-refractivity contribution in [1.82, 2.24) is 0 Å². The van der Waals surface area contributed by atoms with E-state index in [0.29, 0.717) is 0 Å². The first-order valence-corrected chi connectivity index (χ1v) is 20.7. The third kappa shape index (κ3) is 5.19. The molecule has 2 aliphatic rings. The lowest BCUT2D eigenvalue weighted by molar-refractivity contribution is 0.669. The molecule has 2 aromatic heterocycles. The van der Waals surface area contributed by atoms with Crippen LogP contribution in [0.4, 0.5) is 28.4 Å². The normalized spacial score (nSPS) is 14.8. The fourth-order valence-corrected chi connectivity index (χ4v) is 10.6. The summed E-state index contributed by atoms with van der Waals surface area (Å²) in [5.74, 6) is 0. The summed E-state index contributed by atoms with van der Waals surface area (Å²) < 4.78 is 9.35. The van der Waals surface area contributed by atoms with Crippen molar-refractivity contribution in [2.24, 2.45) is 0 Å². The van der Waals surface area contributed by atoms with Gasteiger partial charge in [-0.1, -0.05) is 127 Å². The summed E-state index contributed by atoms with van der Waals surface area (Å²) in [5.41, 5.74) is 15.2. The van der Waals surface area contributed by atoms with Gasteiger partial charge in [0, 0.05) is 70.9 Å². The Balaban J connectivity index is 1.04. The molecule has 3 heterocycles. The molecule has 3 nitrogen and oxygen atoms in total. The number of nitrogens with zero attached hydrogens (tertiary/aromatic N) is 2. The highest BCUT2D eigenvalue weighted by Gasteiger charge is 2.40. The minimum absolute atomic E-state index is 0.104. The average Bonchev–Trinajstić information content (AvgIpc) is 3.96. The molecule has 0 N–H and O–H groups in total. The lowest BCUT2D eigenvalue weighted by Crippen LogP contribution is -2.28. The first kappa shape index (κ1) is 33.0. The predicted molar refractivity (Wildman–Crippen MR) is 246 cm³/mol. The van der Waals surface area contributed by atoms with Crippen LogP contribution in [-0.4, -0.2) is 6.04 Å². The minimum atomic E-state index is 0.104. The zero-order chi connectivity index (χ0) is 38.2. The molecule has 1 aliphatic carbocycles. The SMILES string of the molecule is C1=C(c2ccc(N(c3ccccc3)c3ccccc3)cc2)CC2C(=C1)c1c(cc3oc4ccccc4c3c1-c1ccc3c(c1)sc1ccccc13)N2c1ccccc1. The Morgan fingerprint density at radius 3 is 1.88 bits per heavy atom. The maximum absolute atomic E-state index is 6.74. The van der Waals surface area contributed by atoms with Crippen molar-refractivity contribution in [2.45, 2.75) is 12.5 Å². The van der Waals surface area contributed by atoms with Crippen LogP contribution in [0.3, 0.4) is 0 Å². The van der Waals surface area contributed by atoms with Crippen LogP contribution in [0, 0.1) is 0 Å². The van der Waals surface area contributed by atoms with Crippen LogP contribution < -0.4 is 9.80 Å². The average molecular weight is 761 g/mol. The van der Waals surface area contributed by atoms with Gasteiger partial charge in [0.2, 0.25) is 0 Å². The molecule has 4 heteroatoms. The van der Waals surface area contributed by atoms with Crippen molar-refractivity contribution in [3.63, 3.8) is 0 Å². The van der Waals surface area contributed by atoms with E-state index in [9.17, 15) is 0 Å². The van der Waals surface area contributed by atoms with Crippen molar-refractivity contribution in [3.8, 4) is 11.1 Å². The van der Waals surface area contributed by atoms with E-state index in [2.05, 4.69) is 210 Å². The van der Waals surface area contributed by atoms with Crippen molar-refractivity contribution in [2.75, 3.05) is 9.80 Å². The molecule has 1 aliphatic heterocycles. The van der Waals surface area contributed by atoms with E-state index < -0.39 is 0 Å². The van der Waals surface area contributed by atoms with Crippen molar-refractivity contribution < 1.29 is 4.42 Å². The summed E-state index contributed by atoms with van der Waals surface area (Å²) in [6.45, 7) is 0. The van der Waals surface area contributed by atoms with E-state index >= 15 is 0 Å². The molecule has 0 fully saturated rings. The number of rotatable bonds is 6. The fraction of sp³-hybridized carbons (Fsp3) is 0.0370. The summed E-state index contributed by atoms with van der Waals surface area (Å²) >= 11 is 1.87. The van der Waals surface area contributed by atoms with Crippen LogP contribution in [0.2, 0.25) is 0 Å². The molecule has 274 valence electrons. The third-order valence-corrected chi connectivity index (χ3v) is 13.1. The lowest BCUT2D eigenvalue weighted by Gasteiger charge is -2.31. The molecule has 58 heavy (non-hydrogen) atoms. The molecule has 0 spiro atoms. The third-order valence-electron chi connectivity index (χ3n) is 12.0. The molecule has 0 saturated carbocycles. The van der Waals surface area contributed by atoms with E-state index in [1.165, 1.54) is 70.3 Å². The smallest absolute Gasteiger partial charge is 0.138 e. The Hall–Kier alpha value is -7.14. The molecule has 1 atom stereocenters. The number of furan rings is 1. The standard InChI is InChI=1S/C54H36N2OS/c1-4-14-38(15-5-1)55(39-16-6-2-7-17-39)41-28-24-35(25-29-41)36-26-31-44-46(32-36)56(40-18-8-3-9-19-40)47-34-49-54(45-21-10-12-22-48(45)57-49)52(53(44)47)37-27-30-43-42-20-11-13-23-50(42)58-51(43)33-37/h1-31,33-34,46H,32H2. The minimum Gasteiger partial charge on any atom is -0.456 e. The van der Waals surface area contributed by atoms with Gasteiger partial charge in [0.25, 0.3) is 0 Å². The molecular weight excluding hydrogens is 725 g/mol. The zero-order valence-corrected chi connectivity index (χ0v) is 32.4. The van der Waals surface area contributed by atoms with Gasteiger partial charge >= 0.3 is 0 Å². The Kier molecular flexibility index (Phi) is 7.54. The maximum atomic E-state index is 6.74. The first-order chi connectivity index (χ1) is 28.8. The predicted octanol–water partition coefficient (Wildman–Crippen LogP) is 15.5. The monoisotopic (exact) mass is 760 g/mol. The van der Waals surface area contributed by atoms with E-state index in [0.717, 1.165) is 40.0 Å². The number of thiophene rings is 1. The number of hydrogen-bond donors (Lipinski definition) is 0. The molecule has 0 amide bonds. The van der Waals surface area contributed by atoms with Gasteiger partial charge in [-0.2, -0.15) is 0 Å².